The highest BCUT2D eigenvalue weighted by Gasteiger charge is 2.07. The summed E-state index contributed by atoms with van der Waals surface area (Å²) >= 11 is 1.24. The smallest absolute Gasteiger partial charge is 0.250 e. The van der Waals surface area contributed by atoms with E-state index >= 15 is 0 Å². The number of amides is 1. The molecule has 0 atom stereocenters. The highest BCUT2D eigenvalue weighted by Crippen LogP contribution is 2.17. The van der Waals surface area contributed by atoms with Crippen molar-refractivity contribution in [1.29, 1.82) is 0 Å². The molecule has 0 aliphatic rings. The number of aromatic nitrogens is 2. The molecule has 1 heterocycles. The van der Waals surface area contributed by atoms with Gasteiger partial charge in [-0.05, 0) is 19.1 Å². The first kappa shape index (κ1) is 17.7. The molecule has 0 bridgehead atoms. The summed E-state index contributed by atoms with van der Waals surface area (Å²) in [6.45, 7) is 1.88. The number of hydrogen-bond acceptors (Lipinski definition) is 7. The fraction of sp³-hybridized carbons (Fsp3) is 0.250. The van der Waals surface area contributed by atoms with Crippen molar-refractivity contribution in [1.82, 2.24) is 15.4 Å². The van der Waals surface area contributed by atoms with Gasteiger partial charge in [-0.1, -0.05) is 23.9 Å². The molecule has 2 N–H and O–H groups in total. The molecule has 0 saturated carbocycles. The van der Waals surface area contributed by atoms with Gasteiger partial charge in [-0.3, -0.25) is 4.79 Å². The number of hydrogen-bond donors (Lipinski definition) is 2. The predicted octanol–water partition coefficient (Wildman–Crippen LogP) is 1.80. The highest BCUT2D eigenvalue weighted by molar-refractivity contribution is 7.99. The number of nitrogens with one attached hydrogen (secondary N) is 1. The normalized spacial score (nSPS) is 10.8. The highest BCUT2D eigenvalue weighted by atomic mass is 32.2. The van der Waals surface area contributed by atoms with Crippen LogP contribution in [0.3, 0.4) is 0 Å². The SMILES string of the molecule is Cc1cc(N(C)C)nc(SCC(=O)NN=Cc2ccccc2O)n1. The van der Waals surface area contributed by atoms with Gasteiger partial charge in [0.15, 0.2) is 5.16 Å². The zero-order chi connectivity index (χ0) is 17.5. The molecule has 1 aromatic heterocycles. The third-order valence-corrected chi connectivity index (χ3v) is 3.79. The summed E-state index contributed by atoms with van der Waals surface area (Å²) in [7, 11) is 3.80. The maximum atomic E-state index is 11.8. The van der Waals surface area contributed by atoms with E-state index in [-0.39, 0.29) is 17.4 Å². The van der Waals surface area contributed by atoms with E-state index < -0.39 is 0 Å². The van der Waals surface area contributed by atoms with E-state index in [0.29, 0.717) is 10.7 Å². The third-order valence-electron chi connectivity index (χ3n) is 2.94. The average molecular weight is 345 g/mol. The Morgan fingerprint density at radius 1 is 1.38 bits per heavy atom. The molecule has 0 radical (unpaired) electrons. The summed E-state index contributed by atoms with van der Waals surface area (Å²) in [6.07, 6.45) is 1.39. The van der Waals surface area contributed by atoms with Gasteiger partial charge in [0.1, 0.15) is 11.6 Å². The number of carbonyl (C=O) groups is 1. The fourth-order valence-electron chi connectivity index (χ4n) is 1.75. The Balaban J connectivity index is 1.88. The molecule has 0 unspecified atom stereocenters. The molecular weight excluding hydrogens is 326 g/mol. The lowest BCUT2D eigenvalue weighted by Crippen LogP contribution is -2.20. The number of aromatic hydroxyl groups is 1. The first-order valence-electron chi connectivity index (χ1n) is 7.21. The Morgan fingerprint density at radius 2 is 2.12 bits per heavy atom. The number of para-hydroxylation sites is 1. The lowest BCUT2D eigenvalue weighted by atomic mass is 10.2. The van der Waals surface area contributed by atoms with Crippen LogP contribution in [0.5, 0.6) is 5.75 Å². The number of phenols is 1. The Morgan fingerprint density at radius 3 is 2.83 bits per heavy atom. The van der Waals surface area contributed by atoms with E-state index in [9.17, 15) is 9.90 Å². The summed E-state index contributed by atoms with van der Waals surface area (Å²) in [5.41, 5.74) is 3.79. The van der Waals surface area contributed by atoms with E-state index in [1.54, 1.807) is 24.3 Å². The molecular formula is C16H19N5O2S. The molecule has 0 saturated heterocycles. The fourth-order valence-corrected chi connectivity index (χ4v) is 2.44. The Kier molecular flexibility index (Phi) is 6.14. The largest absolute Gasteiger partial charge is 0.507 e. The number of benzene rings is 1. The molecule has 0 aliphatic carbocycles. The lowest BCUT2D eigenvalue weighted by molar-refractivity contribution is -0.118. The van der Waals surface area contributed by atoms with Crippen LogP contribution in [0.15, 0.2) is 40.6 Å². The minimum Gasteiger partial charge on any atom is -0.507 e. The van der Waals surface area contributed by atoms with Crippen molar-refractivity contribution in [3.05, 3.63) is 41.6 Å². The minimum atomic E-state index is -0.275. The summed E-state index contributed by atoms with van der Waals surface area (Å²) in [5, 5.41) is 14.0. The van der Waals surface area contributed by atoms with Crippen LogP contribution in [0.2, 0.25) is 0 Å². The first-order valence-corrected chi connectivity index (χ1v) is 8.20. The van der Waals surface area contributed by atoms with Gasteiger partial charge in [0.2, 0.25) is 0 Å². The zero-order valence-corrected chi connectivity index (χ0v) is 14.5. The first-order chi connectivity index (χ1) is 11.5. The third kappa shape index (κ3) is 5.24. The Bertz CT molecular complexity index is 749. The van der Waals surface area contributed by atoms with Crippen LogP contribution in [-0.2, 0) is 4.79 Å². The number of hydrazone groups is 1. The Hall–Kier alpha value is -2.61. The van der Waals surface area contributed by atoms with E-state index in [2.05, 4.69) is 20.5 Å². The van der Waals surface area contributed by atoms with Gasteiger partial charge in [0, 0.05) is 31.4 Å². The van der Waals surface area contributed by atoms with Crippen LogP contribution in [0.25, 0.3) is 0 Å². The van der Waals surface area contributed by atoms with Gasteiger partial charge >= 0.3 is 0 Å². The number of carbonyl (C=O) groups excluding carboxylic acids is 1. The van der Waals surface area contributed by atoms with Crippen LogP contribution in [0, 0.1) is 6.92 Å². The maximum absolute atomic E-state index is 11.8. The average Bonchev–Trinajstić information content (AvgIpc) is 2.54. The van der Waals surface area contributed by atoms with Crippen LogP contribution >= 0.6 is 11.8 Å². The molecule has 8 heteroatoms. The number of nitrogens with zero attached hydrogens (tertiary/aromatic N) is 4. The van der Waals surface area contributed by atoms with E-state index in [1.165, 1.54) is 18.0 Å². The van der Waals surface area contributed by atoms with Crippen LogP contribution in [0.1, 0.15) is 11.3 Å². The molecule has 0 fully saturated rings. The number of thioether (sulfide) groups is 1. The zero-order valence-electron chi connectivity index (χ0n) is 13.7. The second-order valence-corrected chi connectivity index (χ2v) is 6.13. The van der Waals surface area contributed by atoms with Crippen molar-refractivity contribution in [2.75, 3.05) is 24.7 Å². The molecule has 2 aromatic rings. The molecule has 1 amide bonds. The molecule has 7 nitrogen and oxygen atoms in total. The van der Waals surface area contributed by atoms with Gasteiger partial charge < -0.3 is 10.0 Å². The summed E-state index contributed by atoms with van der Waals surface area (Å²) in [4.78, 5) is 22.4. The van der Waals surface area contributed by atoms with Crippen LogP contribution < -0.4 is 10.3 Å². The van der Waals surface area contributed by atoms with Crippen molar-refractivity contribution >= 4 is 29.7 Å². The second-order valence-electron chi connectivity index (χ2n) is 5.19. The van der Waals surface area contributed by atoms with Crippen molar-refractivity contribution in [3.8, 4) is 5.75 Å². The van der Waals surface area contributed by atoms with E-state index in [1.807, 2.05) is 32.0 Å². The van der Waals surface area contributed by atoms with Gasteiger partial charge in [-0.2, -0.15) is 5.10 Å². The minimum absolute atomic E-state index is 0.106. The van der Waals surface area contributed by atoms with Crippen molar-refractivity contribution < 1.29 is 9.90 Å². The van der Waals surface area contributed by atoms with Gasteiger partial charge in [0.25, 0.3) is 5.91 Å². The van der Waals surface area contributed by atoms with Crippen molar-refractivity contribution in [3.63, 3.8) is 0 Å². The number of aryl methyl sites for hydroxylation is 1. The predicted molar refractivity (Wildman–Crippen MR) is 95.7 cm³/mol. The summed E-state index contributed by atoms with van der Waals surface area (Å²) in [5.74, 6) is 0.773. The summed E-state index contributed by atoms with van der Waals surface area (Å²) in [6, 6.07) is 8.61. The molecule has 0 spiro atoms. The standard InChI is InChI=1S/C16H19N5O2S/c1-11-8-14(21(2)3)19-16(18-11)24-10-15(23)20-17-9-12-6-4-5-7-13(12)22/h4-9,22H,10H2,1-3H3,(H,20,23). The maximum Gasteiger partial charge on any atom is 0.250 e. The van der Waals surface area contributed by atoms with Crippen LogP contribution in [-0.4, -0.2) is 47.0 Å². The number of phenolic OH excluding ortho intramolecular Hbond substituents is 1. The molecule has 2 rings (SSSR count). The van der Waals surface area contributed by atoms with Gasteiger partial charge in [-0.15, -0.1) is 0 Å². The number of rotatable bonds is 6. The van der Waals surface area contributed by atoms with Crippen molar-refractivity contribution in [2.45, 2.75) is 12.1 Å². The van der Waals surface area contributed by atoms with Gasteiger partial charge in [0.05, 0.1) is 12.0 Å². The quantitative estimate of drug-likeness (QED) is 0.359. The van der Waals surface area contributed by atoms with E-state index in [0.717, 1.165) is 11.5 Å². The summed E-state index contributed by atoms with van der Waals surface area (Å²) < 4.78 is 0. The topological polar surface area (TPSA) is 90.7 Å². The Labute approximate surface area is 144 Å². The molecule has 24 heavy (non-hydrogen) atoms. The van der Waals surface area contributed by atoms with Crippen molar-refractivity contribution in [2.24, 2.45) is 5.10 Å². The molecule has 126 valence electrons. The monoisotopic (exact) mass is 345 g/mol. The number of anilines is 1. The lowest BCUT2D eigenvalue weighted by Gasteiger charge is -2.12. The van der Waals surface area contributed by atoms with E-state index in [4.69, 9.17) is 0 Å². The molecule has 1 aromatic carbocycles. The van der Waals surface area contributed by atoms with Gasteiger partial charge in [-0.25, -0.2) is 15.4 Å². The molecule has 0 aliphatic heterocycles. The van der Waals surface area contributed by atoms with Crippen LogP contribution in [0.4, 0.5) is 5.82 Å². The second kappa shape index (κ2) is 8.30.